The molecule has 4 fully saturated rings. The Hall–Kier alpha value is -0.900. The molecule has 0 N–H and O–H groups in total. The minimum Gasteiger partial charge on any atom is -0.392 e. The third kappa shape index (κ3) is 0.433. The summed E-state index contributed by atoms with van der Waals surface area (Å²) in [6.45, 7) is 0. The molecule has 68 valence electrons. The van der Waals surface area contributed by atoms with Crippen molar-refractivity contribution in [2.45, 2.75) is 25.0 Å². The van der Waals surface area contributed by atoms with Crippen LogP contribution in [0.4, 0.5) is 0 Å². The van der Waals surface area contributed by atoms with E-state index in [0.29, 0.717) is 0 Å². The van der Waals surface area contributed by atoms with Gasteiger partial charge in [0.2, 0.25) is 0 Å². The molecule has 4 rings (SSSR count). The predicted octanol–water partition coefficient (Wildman–Crippen LogP) is -0.137. The lowest BCUT2D eigenvalue weighted by Crippen LogP contribution is -2.28. The van der Waals surface area contributed by atoms with Gasteiger partial charge in [-0.3, -0.25) is 9.59 Å². The number of carbonyl (C=O) groups is 2. The van der Waals surface area contributed by atoms with Gasteiger partial charge in [-0.1, -0.05) is 0 Å². The monoisotopic (exact) mass is 180 g/mol. The molecule has 4 aliphatic rings. The van der Waals surface area contributed by atoms with Gasteiger partial charge in [-0.05, 0) is 12.8 Å². The molecular weight excluding hydrogens is 172 g/mol. The Bertz CT molecular complexity index is 350. The van der Waals surface area contributed by atoms with Crippen molar-refractivity contribution in [1.29, 1.82) is 0 Å². The zero-order valence-electron chi connectivity index (χ0n) is 6.86. The fourth-order valence-corrected chi connectivity index (χ4v) is 3.63. The van der Waals surface area contributed by atoms with Gasteiger partial charge in [-0.25, -0.2) is 0 Å². The van der Waals surface area contributed by atoms with E-state index in [4.69, 9.17) is 4.74 Å². The number of rotatable bonds is 0. The molecule has 0 amide bonds. The van der Waals surface area contributed by atoms with Crippen molar-refractivity contribution in [2.75, 3.05) is 0 Å². The molecule has 1 aliphatic carbocycles. The minimum absolute atomic E-state index is 0.0218. The maximum atomic E-state index is 11.5. The van der Waals surface area contributed by atoms with Crippen LogP contribution >= 0.6 is 0 Å². The molecule has 0 aromatic carbocycles. The third-order valence-electron chi connectivity index (χ3n) is 4.10. The van der Waals surface area contributed by atoms with Crippen molar-refractivity contribution in [3.63, 3.8) is 0 Å². The van der Waals surface area contributed by atoms with Gasteiger partial charge in [0.15, 0.2) is 0 Å². The summed E-state index contributed by atoms with van der Waals surface area (Å²) in [6, 6.07) is 0. The average molecular weight is 180 g/mol. The van der Waals surface area contributed by atoms with Gasteiger partial charge < -0.3 is 9.47 Å². The second-order valence-corrected chi connectivity index (χ2v) is 4.39. The first-order valence-electron chi connectivity index (χ1n) is 4.68. The van der Waals surface area contributed by atoms with Crippen LogP contribution in [0.2, 0.25) is 0 Å². The SMILES string of the molecule is O=C1OC(=O)C23C4CCC(O4)C2C13. The topological polar surface area (TPSA) is 52.6 Å². The van der Waals surface area contributed by atoms with Gasteiger partial charge in [0.05, 0.1) is 18.1 Å². The third-order valence-corrected chi connectivity index (χ3v) is 4.10. The van der Waals surface area contributed by atoms with Crippen LogP contribution in [0.5, 0.6) is 0 Å². The van der Waals surface area contributed by atoms with E-state index in [9.17, 15) is 9.59 Å². The zero-order valence-corrected chi connectivity index (χ0v) is 6.86. The smallest absolute Gasteiger partial charge is 0.323 e. The highest BCUT2D eigenvalue weighted by molar-refractivity contribution is 6.06. The molecular formula is C9H8O4. The number of hydrogen-bond donors (Lipinski definition) is 0. The second kappa shape index (κ2) is 1.54. The number of ether oxygens (including phenoxy) is 2. The van der Waals surface area contributed by atoms with E-state index in [1.165, 1.54) is 0 Å². The zero-order chi connectivity index (χ0) is 8.79. The Balaban J connectivity index is 1.89. The van der Waals surface area contributed by atoms with Crippen molar-refractivity contribution in [1.82, 2.24) is 0 Å². The number of hydrogen-bond acceptors (Lipinski definition) is 4. The summed E-state index contributed by atoms with van der Waals surface area (Å²) < 4.78 is 10.2. The Morgan fingerprint density at radius 2 is 2.15 bits per heavy atom. The van der Waals surface area contributed by atoms with Crippen LogP contribution < -0.4 is 0 Å². The molecule has 0 aromatic heterocycles. The number of esters is 2. The van der Waals surface area contributed by atoms with Crippen LogP contribution in [0.25, 0.3) is 0 Å². The molecule has 0 aromatic rings. The van der Waals surface area contributed by atoms with Crippen molar-refractivity contribution >= 4 is 11.9 Å². The molecule has 3 heterocycles. The Labute approximate surface area is 74.2 Å². The minimum atomic E-state index is -0.514. The maximum Gasteiger partial charge on any atom is 0.323 e. The van der Waals surface area contributed by atoms with Crippen LogP contribution in [0.15, 0.2) is 0 Å². The lowest BCUT2D eigenvalue weighted by Gasteiger charge is -2.13. The van der Waals surface area contributed by atoms with Crippen LogP contribution in [-0.4, -0.2) is 24.1 Å². The summed E-state index contributed by atoms with van der Waals surface area (Å²) in [7, 11) is 0. The van der Waals surface area contributed by atoms with Gasteiger partial charge in [0.1, 0.15) is 5.41 Å². The molecule has 2 bridgehead atoms. The summed E-state index contributed by atoms with van der Waals surface area (Å²) in [4.78, 5) is 22.8. The summed E-state index contributed by atoms with van der Waals surface area (Å²) in [5, 5.41) is 0. The van der Waals surface area contributed by atoms with E-state index < -0.39 is 5.41 Å². The highest BCUT2D eigenvalue weighted by atomic mass is 16.6. The highest BCUT2D eigenvalue weighted by Crippen LogP contribution is 2.75. The van der Waals surface area contributed by atoms with Crippen molar-refractivity contribution in [3.8, 4) is 0 Å². The lowest BCUT2D eigenvalue weighted by atomic mass is 9.88. The van der Waals surface area contributed by atoms with E-state index in [1.54, 1.807) is 0 Å². The largest absolute Gasteiger partial charge is 0.392 e. The number of fused-ring (bicyclic) bond motifs is 4. The molecule has 5 unspecified atom stereocenters. The number of cyclic esters (lactones) is 2. The van der Waals surface area contributed by atoms with Crippen LogP contribution in [0.3, 0.4) is 0 Å². The molecule has 13 heavy (non-hydrogen) atoms. The van der Waals surface area contributed by atoms with Gasteiger partial charge in [0, 0.05) is 5.92 Å². The second-order valence-electron chi connectivity index (χ2n) is 4.39. The number of carbonyl (C=O) groups excluding carboxylic acids is 2. The van der Waals surface area contributed by atoms with Gasteiger partial charge >= 0.3 is 11.9 Å². The first-order chi connectivity index (χ1) is 6.26. The fraction of sp³-hybridized carbons (Fsp3) is 0.778. The maximum absolute atomic E-state index is 11.5. The van der Waals surface area contributed by atoms with Crippen LogP contribution in [0.1, 0.15) is 12.8 Å². The molecule has 1 saturated carbocycles. The van der Waals surface area contributed by atoms with Crippen molar-refractivity contribution in [2.24, 2.45) is 17.3 Å². The molecule has 0 radical (unpaired) electrons. The van der Waals surface area contributed by atoms with E-state index in [1.807, 2.05) is 0 Å². The summed E-state index contributed by atoms with van der Waals surface area (Å²) >= 11 is 0. The lowest BCUT2D eigenvalue weighted by molar-refractivity contribution is -0.158. The molecule has 3 saturated heterocycles. The van der Waals surface area contributed by atoms with Crippen LogP contribution in [0, 0.1) is 17.3 Å². The van der Waals surface area contributed by atoms with E-state index >= 15 is 0 Å². The van der Waals surface area contributed by atoms with E-state index in [0.717, 1.165) is 12.8 Å². The molecule has 1 spiro atoms. The Kier molecular flexibility index (Phi) is 0.775. The van der Waals surface area contributed by atoms with Gasteiger partial charge in [-0.15, -0.1) is 0 Å². The normalized spacial score (nSPS) is 60.6. The summed E-state index contributed by atoms with van der Waals surface area (Å²) in [5.41, 5.74) is -0.514. The van der Waals surface area contributed by atoms with E-state index in [-0.39, 0.29) is 36.0 Å². The highest BCUT2D eigenvalue weighted by Gasteiger charge is 2.88. The van der Waals surface area contributed by atoms with Crippen molar-refractivity contribution in [3.05, 3.63) is 0 Å². The molecule has 4 heteroatoms. The van der Waals surface area contributed by atoms with Crippen molar-refractivity contribution < 1.29 is 19.1 Å². The van der Waals surface area contributed by atoms with Gasteiger partial charge in [-0.2, -0.15) is 0 Å². The summed E-state index contributed by atoms with van der Waals surface area (Å²) in [5.74, 6) is -0.610. The molecule has 5 atom stereocenters. The fourth-order valence-electron chi connectivity index (χ4n) is 3.63. The van der Waals surface area contributed by atoms with E-state index in [2.05, 4.69) is 4.74 Å². The predicted molar refractivity (Wildman–Crippen MR) is 38.4 cm³/mol. The quantitative estimate of drug-likeness (QED) is 0.384. The standard InChI is InChI=1S/C9H8O4/c10-7-6-5-3-1-2-4(12-3)9(5,6)8(11)13-7/h3-6H,1-2H2. The first-order valence-corrected chi connectivity index (χ1v) is 4.68. The Morgan fingerprint density at radius 3 is 2.92 bits per heavy atom. The molecule has 4 nitrogen and oxygen atoms in total. The Morgan fingerprint density at radius 1 is 1.31 bits per heavy atom. The summed E-state index contributed by atoms with van der Waals surface area (Å²) in [6.07, 6.45) is 2.06. The average Bonchev–Trinajstić information content (AvgIpc) is 2.40. The first kappa shape index (κ1) is 6.54. The van der Waals surface area contributed by atoms with Gasteiger partial charge in [0.25, 0.3) is 0 Å². The molecule has 3 aliphatic heterocycles. The van der Waals surface area contributed by atoms with Crippen LogP contribution in [-0.2, 0) is 19.1 Å².